The predicted molar refractivity (Wildman–Crippen MR) is 79.2 cm³/mol. The van der Waals surface area contributed by atoms with Crippen LogP contribution >= 0.6 is 0 Å². The predicted octanol–water partition coefficient (Wildman–Crippen LogP) is 3.93. The summed E-state index contributed by atoms with van der Waals surface area (Å²) < 4.78 is 27.2. The topological polar surface area (TPSA) is 37.8 Å². The highest BCUT2D eigenvalue weighted by Gasteiger charge is 2.10. The van der Waals surface area contributed by atoms with E-state index in [0.717, 1.165) is 17.5 Å². The first kappa shape index (κ1) is 13.4. The molecule has 0 spiro atoms. The average molecular weight is 285 g/mol. The van der Waals surface area contributed by atoms with Crippen LogP contribution in [0.5, 0.6) is 0 Å². The van der Waals surface area contributed by atoms with Gasteiger partial charge in [-0.2, -0.15) is 0 Å². The van der Waals surface area contributed by atoms with Crippen LogP contribution in [0.15, 0.2) is 36.4 Å². The maximum atomic E-state index is 13.9. The van der Waals surface area contributed by atoms with Crippen molar-refractivity contribution in [3.05, 3.63) is 53.9 Å². The normalized spacial score (nSPS) is 10.9. The molecule has 3 rings (SSSR count). The smallest absolute Gasteiger partial charge is 0.137 e. The molecule has 0 saturated heterocycles. The number of hydrogen-bond donors (Lipinski definition) is 1. The van der Waals surface area contributed by atoms with E-state index in [1.165, 1.54) is 6.07 Å². The van der Waals surface area contributed by atoms with Crippen molar-refractivity contribution in [2.24, 2.45) is 0 Å². The number of benzene rings is 2. The second-order valence-electron chi connectivity index (χ2n) is 4.73. The number of nitrogens with zero attached hydrogens (tertiary/aromatic N) is 2. The van der Waals surface area contributed by atoms with Crippen LogP contribution in [-0.4, -0.2) is 17.0 Å². The number of hydrogen-bond acceptors (Lipinski definition) is 3. The van der Waals surface area contributed by atoms with Crippen molar-refractivity contribution >= 4 is 16.7 Å². The summed E-state index contributed by atoms with van der Waals surface area (Å²) in [6.07, 6.45) is 0. The summed E-state index contributed by atoms with van der Waals surface area (Å²) in [6, 6.07) is 8.69. The van der Waals surface area contributed by atoms with Gasteiger partial charge >= 0.3 is 0 Å². The number of aryl methyl sites for hydroxylation is 1. The van der Waals surface area contributed by atoms with Gasteiger partial charge in [-0.1, -0.05) is 6.07 Å². The fraction of sp³-hybridized carbons (Fsp3) is 0.125. The van der Waals surface area contributed by atoms with Crippen LogP contribution < -0.4 is 5.32 Å². The zero-order chi connectivity index (χ0) is 15.0. The molecule has 1 heterocycles. The van der Waals surface area contributed by atoms with Crippen LogP contribution in [0.25, 0.3) is 22.0 Å². The van der Waals surface area contributed by atoms with E-state index in [-0.39, 0.29) is 5.56 Å². The Bertz CT molecular complexity index is 831. The van der Waals surface area contributed by atoms with Crippen molar-refractivity contribution < 1.29 is 8.78 Å². The van der Waals surface area contributed by atoms with Crippen molar-refractivity contribution in [2.75, 3.05) is 12.4 Å². The maximum absolute atomic E-state index is 13.9. The zero-order valence-corrected chi connectivity index (χ0v) is 11.6. The SMILES string of the molecule is CNc1nc(C)nc2cc(-c3cc(F)ccc3F)ccc12. The molecule has 0 radical (unpaired) electrons. The first-order valence-electron chi connectivity index (χ1n) is 6.50. The minimum absolute atomic E-state index is 0.221. The molecule has 3 aromatic rings. The van der Waals surface area contributed by atoms with Crippen LogP contribution in [-0.2, 0) is 0 Å². The molecule has 0 aliphatic heterocycles. The highest BCUT2D eigenvalue weighted by molar-refractivity contribution is 5.92. The highest BCUT2D eigenvalue weighted by atomic mass is 19.1. The van der Waals surface area contributed by atoms with Crippen LogP contribution in [0.4, 0.5) is 14.6 Å². The summed E-state index contributed by atoms with van der Waals surface area (Å²) >= 11 is 0. The lowest BCUT2D eigenvalue weighted by Gasteiger charge is -2.09. The van der Waals surface area contributed by atoms with Crippen molar-refractivity contribution in [3.8, 4) is 11.1 Å². The Balaban J connectivity index is 2.24. The Morgan fingerprint density at radius 2 is 1.81 bits per heavy atom. The standard InChI is InChI=1S/C16H13F2N3/c1-9-20-15-7-10(3-5-12(15)16(19-2)21-9)13-8-11(17)4-6-14(13)18/h3-8H,1-2H3,(H,19,20,21). The first-order valence-corrected chi connectivity index (χ1v) is 6.50. The molecule has 0 fully saturated rings. The van der Waals surface area contributed by atoms with Gasteiger partial charge in [-0.05, 0) is 42.8 Å². The van der Waals surface area contributed by atoms with Crippen molar-refractivity contribution in [1.29, 1.82) is 0 Å². The lowest BCUT2D eigenvalue weighted by molar-refractivity contribution is 0.603. The summed E-state index contributed by atoms with van der Waals surface area (Å²) in [6.45, 7) is 1.79. The third-order valence-corrected chi connectivity index (χ3v) is 3.28. The second kappa shape index (κ2) is 5.09. The van der Waals surface area contributed by atoms with Crippen LogP contribution in [0.2, 0.25) is 0 Å². The van der Waals surface area contributed by atoms with Gasteiger partial charge in [0.1, 0.15) is 23.3 Å². The summed E-state index contributed by atoms with van der Waals surface area (Å²) in [4.78, 5) is 8.65. The van der Waals surface area contributed by atoms with Crippen LogP contribution in [0, 0.1) is 18.6 Å². The number of anilines is 1. The van der Waals surface area contributed by atoms with Gasteiger partial charge in [0, 0.05) is 18.0 Å². The summed E-state index contributed by atoms with van der Waals surface area (Å²) in [5, 5.41) is 3.84. The molecule has 1 aromatic heterocycles. The Hall–Kier alpha value is -2.56. The molecule has 0 atom stereocenters. The second-order valence-corrected chi connectivity index (χ2v) is 4.73. The lowest BCUT2D eigenvalue weighted by Crippen LogP contribution is -1.98. The van der Waals surface area contributed by atoms with Gasteiger partial charge in [0.25, 0.3) is 0 Å². The minimum atomic E-state index is -0.471. The van der Waals surface area contributed by atoms with E-state index in [1.807, 2.05) is 0 Å². The molecule has 5 heteroatoms. The van der Waals surface area contributed by atoms with Gasteiger partial charge in [0.05, 0.1) is 5.52 Å². The first-order chi connectivity index (χ1) is 10.1. The van der Waals surface area contributed by atoms with E-state index in [1.54, 1.807) is 32.2 Å². The van der Waals surface area contributed by atoms with E-state index < -0.39 is 11.6 Å². The molecular formula is C16H13F2N3. The third-order valence-electron chi connectivity index (χ3n) is 3.28. The summed E-state index contributed by atoms with van der Waals surface area (Å²) in [5.41, 5.74) is 1.49. The van der Waals surface area contributed by atoms with E-state index in [9.17, 15) is 8.78 Å². The van der Waals surface area contributed by atoms with Gasteiger partial charge in [0.15, 0.2) is 0 Å². The van der Waals surface area contributed by atoms with Gasteiger partial charge in [-0.15, -0.1) is 0 Å². The molecular weight excluding hydrogens is 272 g/mol. The molecule has 106 valence electrons. The number of nitrogens with one attached hydrogen (secondary N) is 1. The molecule has 2 aromatic carbocycles. The van der Waals surface area contributed by atoms with Crippen LogP contribution in [0.3, 0.4) is 0 Å². The van der Waals surface area contributed by atoms with Gasteiger partial charge in [0.2, 0.25) is 0 Å². The molecule has 3 nitrogen and oxygen atoms in total. The quantitative estimate of drug-likeness (QED) is 0.775. The van der Waals surface area contributed by atoms with Crippen molar-refractivity contribution in [3.63, 3.8) is 0 Å². The van der Waals surface area contributed by atoms with Crippen molar-refractivity contribution in [1.82, 2.24) is 9.97 Å². The number of fused-ring (bicyclic) bond motifs is 1. The van der Waals surface area contributed by atoms with E-state index in [2.05, 4.69) is 15.3 Å². The molecule has 1 N–H and O–H groups in total. The molecule has 21 heavy (non-hydrogen) atoms. The molecule has 0 aliphatic carbocycles. The molecule has 0 bridgehead atoms. The minimum Gasteiger partial charge on any atom is -0.373 e. The fourth-order valence-electron chi connectivity index (χ4n) is 2.32. The maximum Gasteiger partial charge on any atom is 0.137 e. The van der Waals surface area contributed by atoms with E-state index >= 15 is 0 Å². The Labute approximate surface area is 120 Å². The number of halogens is 2. The Morgan fingerprint density at radius 3 is 2.57 bits per heavy atom. The molecule has 0 amide bonds. The summed E-state index contributed by atoms with van der Waals surface area (Å²) in [7, 11) is 1.78. The zero-order valence-electron chi connectivity index (χ0n) is 11.6. The number of aromatic nitrogens is 2. The van der Waals surface area contributed by atoms with Gasteiger partial charge in [-0.3, -0.25) is 0 Å². The monoisotopic (exact) mass is 285 g/mol. The lowest BCUT2D eigenvalue weighted by atomic mass is 10.0. The van der Waals surface area contributed by atoms with Gasteiger partial charge in [-0.25, -0.2) is 18.7 Å². The van der Waals surface area contributed by atoms with Crippen LogP contribution in [0.1, 0.15) is 5.82 Å². The average Bonchev–Trinajstić information content (AvgIpc) is 2.48. The molecule has 0 aliphatic rings. The molecule has 0 saturated carbocycles. The largest absolute Gasteiger partial charge is 0.373 e. The highest BCUT2D eigenvalue weighted by Crippen LogP contribution is 2.28. The fourth-order valence-corrected chi connectivity index (χ4v) is 2.32. The van der Waals surface area contributed by atoms with Crippen molar-refractivity contribution in [2.45, 2.75) is 6.92 Å². The Morgan fingerprint density at radius 1 is 1.00 bits per heavy atom. The summed E-state index contributed by atoms with van der Waals surface area (Å²) in [5.74, 6) is 0.393. The van der Waals surface area contributed by atoms with E-state index in [0.29, 0.717) is 22.7 Å². The van der Waals surface area contributed by atoms with E-state index in [4.69, 9.17) is 0 Å². The third kappa shape index (κ3) is 2.42. The van der Waals surface area contributed by atoms with Gasteiger partial charge < -0.3 is 5.32 Å². The Kier molecular flexibility index (Phi) is 3.25. The number of rotatable bonds is 2. The molecule has 0 unspecified atom stereocenters.